The standard InChI is InChI=1S/C11H12FNO4S/c12-9-2-1-7(11(13)16)5-8(9)6-18(17)4-3-10(14)15/h1-2,5H,3-4,6H2,(H2,13,16)(H,14,15). The molecule has 1 unspecified atom stereocenters. The molecule has 1 atom stereocenters. The van der Waals surface area contributed by atoms with E-state index in [-0.39, 0.29) is 29.1 Å². The average molecular weight is 273 g/mol. The highest BCUT2D eigenvalue weighted by atomic mass is 32.2. The molecule has 0 aliphatic rings. The lowest BCUT2D eigenvalue weighted by atomic mass is 10.1. The van der Waals surface area contributed by atoms with Gasteiger partial charge in [-0.05, 0) is 18.2 Å². The summed E-state index contributed by atoms with van der Waals surface area (Å²) in [5, 5.41) is 8.43. The summed E-state index contributed by atoms with van der Waals surface area (Å²) in [6, 6.07) is 3.54. The van der Waals surface area contributed by atoms with Crippen molar-refractivity contribution in [2.24, 2.45) is 5.73 Å². The molecular weight excluding hydrogens is 261 g/mol. The molecule has 3 N–H and O–H groups in total. The SMILES string of the molecule is NC(=O)c1ccc(F)c(CS(=O)CCC(=O)O)c1. The highest BCUT2D eigenvalue weighted by molar-refractivity contribution is 7.84. The zero-order valence-electron chi connectivity index (χ0n) is 9.39. The Balaban J connectivity index is 2.77. The Morgan fingerprint density at radius 2 is 2.06 bits per heavy atom. The zero-order valence-corrected chi connectivity index (χ0v) is 10.2. The van der Waals surface area contributed by atoms with Crippen LogP contribution in [0.2, 0.25) is 0 Å². The lowest BCUT2D eigenvalue weighted by Gasteiger charge is -2.04. The second-order valence-electron chi connectivity index (χ2n) is 3.60. The first kappa shape index (κ1) is 14.3. The van der Waals surface area contributed by atoms with Gasteiger partial charge in [0.05, 0.1) is 12.2 Å². The summed E-state index contributed by atoms with van der Waals surface area (Å²) in [5.74, 6) is -2.55. The summed E-state index contributed by atoms with van der Waals surface area (Å²) in [7, 11) is -1.50. The largest absolute Gasteiger partial charge is 0.481 e. The van der Waals surface area contributed by atoms with Crippen molar-refractivity contribution in [2.45, 2.75) is 12.2 Å². The van der Waals surface area contributed by atoms with E-state index >= 15 is 0 Å². The van der Waals surface area contributed by atoms with E-state index in [1.54, 1.807) is 0 Å². The van der Waals surface area contributed by atoms with Gasteiger partial charge in [0.15, 0.2) is 0 Å². The van der Waals surface area contributed by atoms with Gasteiger partial charge in [-0.3, -0.25) is 13.8 Å². The van der Waals surface area contributed by atoms with Crippen molar-refractivity contribution in [3.8, 4) is 0 Å². The minimum absolute atomic E-state index is 0.0599. The van der Waals surface area contributed by atoms with Crippen molar-refractivity contribution in [3.63, 3.8) is 0 Å². The number of hydrogen-bond donors (Lipinski definition) is 2. The molecule has 0 aliphatic carbocycles. The zero-order chi connectivity index (χ0) is 13.7. The Kier molecular flexibility index (Phi) is 4.96. The van der Waals surface area contributed by atoms with Gasteiger partial charge < -0.3 is 10.8 Å². The number of halogens is 1. The van der Waals surface area contributed by atoms with E-state index in [4.69, 9.17) is 10.8 Å². The summed E-state index contributed by atoms with van der Waals surface area (Å²) >= 11 is 0. The summed E-state index contributed by atoms with van der Waals surface area (Å²) in [5.41, 5.74) is 5.27. The van der Waals surface area contributed by atoms with Crippen LogP contribution in [-0.2, 0) is 21.3 Å². The molecule has 98 valence electrons. The van der Waals surface area contributed by atoms with Crippen molar-refractivity contribution in [1.82, 2.24) is 0 Å². The third-order valence-corrected chi connectivity index (χ3v) is 3.48. The van der Waals surface area contributed by atoms with Crippen molar-refractivity contribution < 1.29 is 23.3 Å². The number of carboxylic acid groups (broad SMARTS) is 1. The predicted octanol–water partition coefficient (Wildman–Crippen LogP) is 0.648. The van der Waals surface area contributed by atoms with Crippen molar-refractivity contribution in [2.75, 3.05) is 5.75 Å². The van der Waals surface area contributed by atoms with Crippen LogP contribution in [0.4, 0.5) is 4.39 Å². The van der Waals surface area contributed by atoms with E-state index < -0.39 is 28.5 Å². The number of carboxylic acids is 1. The van der Waals surface area contributed by atoms with Gasteiger partial charge in [0.1, 0.15) is 5.82 Å². The molecule has 1 aromatic rings. The van der Waals surface area contributed by atoms with Gasteiger partial charge in [0.25, 0.3) is 0 Å². The number of primary amides is 1. The van der Waals surface area contributed by atoms with E-state index in [0.29, 0.717) is 0 Å². The third-order valence-electron chi connectivity index (χ3n) is 2.19. The van der Waals surface area contributed by atoms with Crippen LogP contribution in [0.1, 0.15) is 22.3 Å². The molecule has 1 amide bonds. The Bertz CT molecular complexity index is 504. The maximum atomic E-state index is 13.4. The first-order valence-electron chi connectivity index (χ1n) is 5.05. The number of aliphatic carboxylic acids is 1. The van der Waals surface area contributed by atoms with E-state index in [2.05, 4.69) is 0 Å². The summed E-state index contributed by atoms with van der Waals surface area (Å²) in [6.07, 6.45) is -0.246. The Morgan fingerprint density at radius 3 is 2.61 bits per heavy atom. The molecule has 0 saturated heterocycles. The molecule has 1 aromatic carbocycles. The van der Waals surface area contributed by atoms with Gasteiger partial charge in [-0.25, -0.2) is 4.39 Å². The molecule has 0 saturated carbocycles. The van der Waals surface area contributed by atoms with Gasteiger partial charge in [0, 0.05) is 27.7 Å². The fraction of sp³-hybridized carbons (Fsp3) is 0.273. The maximum Gasteiger partial charge on any atom is 0.304 e. The van der Waals surface area contributed by atoms with E-state index in [1.165, 1.54) is 12.1 Å². The third kappa shape index (κ3) is 4.25. The predicted molar refractivity (Wildman–Crippen MR) is 63.9 cm³/mol. The normalized spacial score (nSPS) is 12.1. The fourth-order valence-electron chi connectivity index (χ4n) is 1.29. The molecule has 0 fully saturated rings. The lowest BCUT2D eigenvalue weighted by Crippen LogP contribution is -2.12. The van der Waals surface area contributed by atoms with Gasteiger partial charge in [-0.1, -0.05) is 0 Å². The van der Waals surface area contributed by atoms with E-state index in [9.17, 15) is 18.2 Å². The summed E-state index contributed by atoms with van der Waals surface area (Å²) in [6.45, 7) is 0. The average Bonchev–Trinajstić information content (AvgIpc) is 2.29. The minimum atomic E-state index is -1.50. The van der Waals surface area contributed by atoms with Crippen LogP contribution in [0, 0.1) is 5.82 Å². The summed E-state index contributed by atoms with van der Waals surface area (Å²) in [4.78, 5) is 21.2. The van der Waals surface area contributed by atoms with Crippen LogP contribution in [0.5, 0.6) is 0 Å². The van der Waals surface area contributed by atoms with Crippen LogP contribution < -0.4 is 5.73 Å². The number of nitrogens with two attached hydrogens (primary N) is 1. The molecule has 7 heteroatoms. The number of carbonyl (C=O) groups excluding carboxylic acids is 1. The Hall–Kier alpha value is -1.76. The second kappa shape index (κ2) is 6.25. The van der Waals surface area contributed by atoms with Crippen molar-refractivity contribution >= 4 is 22.7 Å². The molecule has 5 nitrogen and oxygen atoms in total. The number of rotatable bonds is 6. The van der Waals surface area contributed by atoms with Crippen LogP contribution in [-0.4, -0.2) is 26.9 Å². The molecule has 1 rings (SSSR count). The number of carbonyl (C=O) groups is 2. The van der Waals surface area contributed by atoms with E-state index in [0.717, 1.165) is 6.07 Å². The molecule has 0 radical (unpaired) electrons. The van der Waals surface area contributed by atoms with Gasteiger partial charge in [-0.2, -0.15) is 0 Å². The quantitative estimate of drug-likeness (QED) is 0.795. The first-order chi connectivity index (χ1) is 8.40. The van der Waals surface area contributed by atoms with Crippen molar-refractivity contribution in [1.29, 1.82) is 0 Å². The smallest absolute Gasteiger partial charge is 0.304 e. The Morgan fingerprint density at radius 1 is 1.39 bits per heavy atom. The highest BCUT2D eigenvalue weighted by Crippen LogP contribution is 2.13. The van der Waals surface area contributed by atoms with Gasteiger partial charge >= 0.3 is 5.97 Å². The fourth-order valence-corrected chi connectivity index (χ4v) is 2.40. The van der Waals surface area contributed by atoms with Gasteiger partial charge in [0.2, 0.25) is 5.91 Å². The number of benzene rings is 1. The van der Waals surface area contributed by atoms with Crippen molar-refractivity contribution in [3.05, 3.63) is 35.1 Å². The molecule has 0 aromatic heterocycles. The maximum absolute atomic E-state index is 13.4. The minimum Gasteiger partial charge on any atom is -0.481 e. The van der Waals surface area contributed by atoms with Gasteiger partial charge in [-0.15, -0.1) is 0 Å². The van der Waals surface area contributed by atoms with Crippen LogP contribution in [0.15, 0.2) is 18.2 Å². The Labute approximate surface area is 105 Å². The first-order valence-corrected chi connectivity index (χ1v) is 6.54. The van der Waals surface area contributed by atoms with Crippen LogP contribution >= 0.6 is 0 Å². The molecule has 0 heterocycles. The topological polar surface area (TPSA) is 97.5 Å². The number of hydrogen-bond acceptors (Lipinski definition) is 3. The lowest BCUT2D eigenvalue weighted by molar-refractivity contribution is -0.136. The molecule has 18 heavy (non-hydrogen) atoms. The molecule has 0 bridgehead atoms. The molecule has 0 spiro atoms. The number of amides is 1. The summed E-state index contributed by atoms with van der Waals surface area (Å²) < 4.78 is 24.9. The van der Waals surface area contributed by atoms with Crippen LogP contribution in [0.3, 0.4) is 0 Å². The molecular formula is C11H12FNO4S. The monoisotopic (exact) mass is 273 g/mol. The highest BCUT2D eigenvalue weighted by Gasteiger charge is 2.11. The van der Waals surface area contributed by atoms with E-state index in [1.807, 2.05) is 0 Å². The second-order valence-corrected chi connectivity index (χ2v) is 5.18. The molecule has 0 aliphatic heterocycles. The van der Waals surface area contributed by atoms with Crippen LogP contribution in [0.25, 0.3) is 0 Å².